The van der Waals surface area contributed by atoms with Gasteiger partial charge in [-0.25, -0.2) is 9.18 Å². The highest BCUT2D eigenvalue weighted by Crippen LogP contribution is 2.45. The van der Waals surface area contributed by atoms with Crippen LogP contribution in [-0.2, 0) is 4.79 Å². The lowest BCUT2D eigenvalue weighted by molar-refractivity contribution is -0.123. The van der Waals surface area contributed by atoms with Crippen molar-refractivity contribution in [3.05, 3.63) is 93.5 Å². The van der Waals surface area contributed by atoms with Gasteiger partial charge < -0.3 is 19.7 Å². The predicted octanol–water partition coefficient (Wildman–Crippen LogP) is 5.45. The molecular weight excluding hydrogens is 558 g/mol. The number of aliphatic imine (C=N–C) groups is 1. The Hall–Kier alpha value is -3.82. The SMILES string of the molecule is COc1ccc(C2=NC(c3ccc(Cl)cc3)C(c3ccc(Cl)cc3)N2C(=O)N2CCNC(=O)C2)c(OCCF)c1. The zero-order valence-corrected chi connectivity index (χ0v) is 23.2. The van der Waals surface area contributed by atoms with Crippen molar-refractivity contribution in [3.63, 3.8) is 0 Å². The largest absolute Gasteiger partial charge is 0.497 e. The van der Waals surface area contributed by atoms with Crippen LogP contribution >= 0.6 is 23.2 Å². The third-order valence-corrected chi connectivity index (χ3v) is 7.27. The first-order chi connectivity index (χ1) is 19.4. The molecule has 2 atom stereocenters. The standard InChI is InChI=1S/C29H27Cl2FN4O4/c1-39-22-10-11-23(24(16-22)40-15-12-32)28-34-26(18-2-6-20(30)7-3-18)27(19-4-8-21(31)9-5-19)36(28)29(38)35-14-13-33-25(37)17-35/h2-11,16,26-27H,12-15,17H2,1H3,(H,33,37). The summed E-state index contributed by atoms with van der Waals surface area (Å²) in [5, 5.41) is 3.87. The van der Waals surface area contributed by atoms with Crippen molar-refractivity contribution in [2.45, 2.75) is 12.1 Å². The van der Waals surface area contributed by atoms with E-state index in [0.717, 1.165) is 11.1 Å². The number of urea groups is 1. The fourth-order valence-electron chi connectivity index (χ4n) is 4.89. The molecule has 8 nitrogen and oxygen atoms in total. The first kappa shape index (κ1) is 27.7. The molecule has 2 heterocycles. The van der Waals surface area contributed by atoms with E-state index >= 15 is 0 Å². The Kier molecular flexibility index (Phi) is 8.42. The molecule has 2 unspecified atom stereocenters. The molecular formula is C29H27Cl2FN4O4. The first-order valence-corrected chi connectivity index (χ1v) is 13.5. The van der Waals surface area contributed by atoms with E-state index < -0.39 is 24.8 Å². The van der Waals surface area contributed by atoms with Crippen molar-refractivity contribution in [1.82, 2.24) is 15.1 Å². The van der Waals surface area contributed by atoms with Gasteiger partial charge in [-0.3, -0.25) is 14.7 Å². The zero-order chi connectivity index (χ0) is 28.2. The lowest BCUT2D eigenvalue weighted by Gasteiger charge is -2.35. The van der Waals surface area contributed by atoms with E-state index in [2.05, 4.69) is 5.32 Å². The molecule has 2 aliphatic heterocycles. The number of halogens is 3. The number of nitrogens with one attached hydrogen (secondary N) is 1. The zero-order valence-electron chi connectivity index (χ0n) is 21.6. The van der Waals surface area contributed by atoms with Crippen LogP contribution in [0.1, 0.15) is 28.8 Å². The molecule has 0 bridgehead atoms. The average Bonchev–Trinajstić information content (AvgIpc) is 3.36. The van der Waals surface area contributed by atoms with Crippen molar-refractivity contribution in [2.24, 2.45) is 4.99 Å². The molecule has 0 spiro atoms. The fourth-order valence-corrected chi connectivity index (χ4v) is 5.14. The second-order valence-corrected chi connectivity index (χ2v) is 10.1. The highest BCUT2D eigenvalue weighted by atomic mass is 35.5. The molecule has 1 fully saturated rings. The van der Waals surface area contributed by atoms with Gasteiger partial charge in [-0.05, 0) is 47.5 Å². The predicted molar refractivity (Wildman–Crippen MR) is 151 cm³/mol. The number of nitrogens with zero attached hydrogens (tertiary/aromatic N) is 3. The second-order valence-electron chi connectivity index (χ2n) is 9.27. The van der Waals surface area contributed by atoms with Crippen molar-refractivity contribution in [1.29, 1.82) is 0 Å². The van der Waals surface area contributed by atoms with Gasteiger partial charge in [0.15, 0.2) is 0 Å². The molecule has 5 rings (SSSR count). The minimum Gasteiger partial charge on any atom is -0.497 e. The van der Waals surface area contributed by atoms with Crippen LogP contribution in [-0.4, -0.2) is 67.6 Å². The number of alkyl halides is 1. The Labute approximate surface area is 241 Å². The van der Waals surface area contributed by atoms with Crippen LogP contribution in [0.4, 0.5) is 9.18 Å². The lowest BCUT2D eigenvalue weighted by Crippen LogP contribution is -2.55. The summed E-state index contributed by atoms with van der Waals surface area (Å²) >= 11 is 12.4. The maximum atomic E-state index is 14.3. The molecule has 3 aromatic carbocycles. The number of rotatable bonds is 7. The highest BCUT2D eigenvalue weighted by molar-refractivity contribution is 6.30. The molecule has 11 heteroatoms. The van der Waals surface area contributed by atoms with E-state index in [0.29, 0.717) is 46.0 Å². The number of carbonyl (C=O) groups excluding carboxylic acids is 2. The number of piperazine rings is 1. The maximum Gasteiger partial charge on any atom is 0.326 e. The summed E-state index contributed by atoms with van der Waals surface area (Å²) in [5.41, 5.74) is 2.10. The third kappa shape index (κ3) is 5.71. The van der Waals surface area contributed by atoms with E-state index in [1.54, 1.807) is 47.4 Å². The number of methoxy groups -OCH3 is 1. The molecule has 0 aromatic heterocycles. The van der Waals surface area contributed by atoms with Gasteiger partial charge in [-0.2, -0.15) is 0 Å². The molecule has 3 aromatic rings. The fraction of sp³-hybridized carbons (Fsp3) is 0.276. The summed E-state index contributed by atoms with van der Waals surface area (Å²) in [5.74, 6) is 0.903. The van der Waals surface area contributed by atoms with Crippen LogP contribution in [0.25, 0.3) is 0 Å². The number of amides is 3. The van der Waals surface area contributed by atoms with Crippen LogP contribution in [0.3, 0.4) is 0 Å². The minimum atomic E-state index is -0.699. The summed E-state index contributed by atoms with van der Waals surface area (Å²) in [4.78, 5) is 34.7. The summed E-state index contributed by atoms with van der Waals surface area (Å²) in [6.45, 7) is -0.300. The van der Waals surface area contributed by atoms with Crippen LogP contribution in [0.5, 0.6) is 11.5 Å². The Morgan fingerprint density at radius 3 is 2.35 bits per heavy atom. The topological polar surface area (TPSA) is 83.5 Å². The molecule has 2 aliphatic rings. The molecule has 1 saturated heterocycles. The number of ether oxygens (including phenoxy) is 2. The molecule has 0 aliphatic carbocycles. The normalized spacial score (nSPS) is 18.8. The quantitative estimate of drug-likeness (QED) is 0.400. The van der Waals surface area contributed by atoms with Gasteiger partial charge in [0, 0.05) is 29.2 Å². The van der Waals surface area contributed by atoms with Crippen LogP contribution in [0, 0.1) is 0 Å². The van der Waals surface area contributed by atoms with Crippen LogP contribution < -0.4 is 14.8 Å². The first-order valence-electron chi connectivity index (χ1n) is 12.7. The van der Waals surface area contributed by atoms with Crippen molar-refractivity contribution < 1.29 is 23.5 Å². The van der Waals surface area contributed by atoms with Crippen molar-refractivity contribution in [3.8, 4) is 11.5 Å². The Bertz CT molecular complexity index is 1420. The maximum absolute atomic E-state index is 14.3. The highest BCUT2D eigenvalue weighted by Gasteiger charge is 2.45. The van der Waals surface area contributed by atoms with Crippen LogP contribution in [0.2, 0.25) is 10.0 Å². The molecule has 208 valence electrons. The van der Waals surface area contributed by atoms with Gasteiger partial charge in [-0.15, -0.1) is 0 Å². The Morgan fingerprint density at radius 2 is 1.73 bits per heavy atom. The van der Waals surface area contributed by atoms with Gasteiger partial charge in [-0.1, -0.05) is 47.5 Å². The number of hydrogen-bond donors (Lipinski definition) is 1. The van der Waals surface area contributed by atoms with Gasteiger partial charge in [0.1, 0.15) is 43.2 Å². The number of amidine groups is 1. The van der Waals surface area contributed by atoms with Gasteiger partial charge in [0.25, 0.3) is 0 Å². The van der Waals surface area contributed by atoms with Crippen LogP contribution in [0.15, 0.2) is 71.7 Å². The minimum absolute atomic E-state index is 0.0879. The average molecular weight is 585 g/mol. The summed E-state index contributed by atoms with van der Waals surface area (Å²) in [6, 6.07) is 18.1. The number of benzene rings is 3. The van der Waals surface area contributed by atoms with Gasteiger partial charge >= 0.3 is 6.03 Å². The summed E-state index contributed by atoms with van der Waals surface area (Å²) in [7, 11) is 1.52. The molecule has 0 saturated carbocycles. The van der Waals surface area contributed by atoms with Gasteiger partial charge in [0.05, 0.1) is 18.7 Å². The summed E-state index contributed by atoms with van der Waals surface area (Å²) in [6.07, 6.45) is 0. The molecule has 1 N–H and O–H groups in total. The Balaban J connectivity index is 1.69. The van der Waals surface area contributed by atoms with Gasteiger partial charge in [0.2, 0.25) is 5.91 Å². The molecule has 40 heavy (non-hydrogen) atoms. The Morgan fingerprint density at radius 1 is 1.05 bits per heavy atom. The van der Waals surface area contributed by atoms with E-state index in [1.165, 1.54) is 12.0 Å². The molecule has 3 amide bonds. The van der Waals surface area contributed by atoms with Crippen molar-refractivity contribution >= 4 is 41.0 Å². The smallest absolute Gasteiger partial charge is 0.326 e. The van der Waals surface area contributed by atoms with E-state index in [-0.39, 0.29) is 19.1 Å². The third-order valence-electron chi connectivity index (χ3n) is 6.77. The number of hydrogen-bond acceptors (Lipinski definition) is 5. The lowest BCUT2D eigenvalue weighted by atomic mass is 9.93. The monoisotopic (exact) mass is 584 g/mol. The van der Waals surface area contributed by atoms with Crippen molar-refractivity contribution in [2.75, 3.05) is 40.0 Å². The van der Waals surface area contributed by atoms with E-state index in [9.17, 15) is 14.0 Å². The second kappa shape index (κ2) is 12.1. The van der Waals surface area contributed by atoms with E-state index in [4.69, 9.17) is 37.7 Å². The summed E-state index contributed by atoms with van der Waals surface area (Å²) < 4.78 is 24.3. The number of carbonyl (C=O) groups is 2. The molecule has 0 radical (unpaired) electrons. The van der Waals surface area contributed by atoms with E-state index in [1.807, 2.05) is 24.3 Å².